The zero-order chi connectivity index (χ0) is 13.5. The highest BCUT2D eigenvalue weighted by Crippen LogP contribution is 2.17. The number of hydrogen-bond donors (Lipinski definition) is 3. The van der Waals surface area contributed by atoms with Crippen LogP contribution in [0.15, 0.2) is 0 Å². The quantitative estimate of drug-likeness (QED) is 0.646. The van der Waals surface area contributed by atoms with Crippen molar-refractivity contribution in [3.05, 3.63) is 0 Å². The molecule has 2 unspecified atom stereocenters. The normalized spacial score (nSPS) is 21.4. The van der Waals surface area contributed by atoms with Gasteiger partial charge in [-0.3, -0.25) is 4.79 Å². The van der Waals surface area contributed by atoms with E-state index < -0.39 is 12.1 Å². The summed E-state index contributed by atoms with van der Waals surface area (Å²) in [4.78, 5) is 24.5. The van der Waals surface area contributed by atoms with Gasteiger partial charge < -0.3 is 21.7 Å². The van der Waals surface area contributed by atoms with E-state index in [1.807, 2.05) is 11.8 Å². The molecule has 6 nitrogen and oxygen atoms in total. The Morgan fingerprint density at radius 1 is 1.50 bits per heavy atom. The van der Waals surface area contributed by atoms with Crippen LogP contribution < -0.4 is 16.8 Å². The smallest absolute Gasteiger partial charge is 0.312 e. The van der Waals surface area contributed by atoms with E-state index in [0.29, 0.717) is 13.1 Å². The molecule has 0 saturated carbocycles. The molecule has 2 atom stereocenters. The molecule has 5 N–H and O–H groups in total. The average Bonchev–Trinajstić information content (AvgIpc) is 2.36. The van der Waals surface area contributed by atoms with E-state index in [9.17, 15) is 9.59 Å². The van der Waals surface area contributed by atoms with Crippen molar-refractivity contribution in [2.45, 2.75) is 38.6 Å². The molecule has 18 heavy (non-hydrogen) atoms. The summed E-state index contributed by atoms with van der Waals surface area (Å²) in [7, 11) is 0. The molecule has 0 aromatic rings. The molecule has 1 heterocycles. The van der Waals surface area contributed by atoms with Crippen LogP contribution >= 0.6 is 0 Å². The maximum Gasteiger partial charge on any atom is 0.312 e. The first kappa shape index (κ1) is 14.8. The number of hydrogen-bond acceptors (Lipinski definition) is 3. The first-order valence-corrected chi connectivity index (χ1v) is 6.62. The number of nitrogens with zero attached hydrogens (tertiary/aromatic N) is 1. The van der Waals surface area contributed by atoms with E-state index in [-0.39, 0.29) is 11.8 Å². The molecule has 0 aliphatic carbocycles. The molecule has 1 saturated heterocycles. The number of nitrogens with one attached hydrogen (secondary N) is 1. The number of carbonyl (C=O) groups excluding carboxylic acids is 2. The van der Waals surface area contributed by atoms with Gasteiger partial charge in [-0.05, 0) is 25.2 Å². The fourth-order valence-corrected chi connectivity index (χ4v) is 2.35. The third kappa shape index (κ3) is 4.52. The highest BCUT2D eigenvalue weighted by atomic mass is 16.2. The molecule has 1 rings (SSSR count). The molecule has 0 aromatic carbocycles. The Morgan fingerprint density at radius 3 is 2.83 bits per heavy atom. The molecular weight excluding hydrogens is 232 g/mol. The molecule has 0 radical (unpaired) electrons. The third-order valence-corrected chi connectivity index (χ3v) is 3.31. The van der Waals surface area contributed by atoms with Crippen molar-refractivity contribution in [3.8, 4) is 0 Å². The van der Waals surface area contributed by atoms with Gasteiger partial charge in [0.2, 0.25) is 5.91 Å². The molecule has 104 valence electrons. The SMILES string of the molecule is CCCC(N)C(=O)N1CCCC(CNC(N)=O)C1. The van der Waals surface area contributed by atoms with Gasteiger partial charge in [0.15, 0.2) is 0 Å². The van der Waals surface area contributed by atoms with Gasteiger partial charge in [-0.15, -0.1) is 0 Å². The number of urea groups is 1. The van der Waals surface area contributed by atoms with E-state index in [0.717, 1.165) is 32.2 Å². The fraction of sp³-hybridized carbons (Fsp3) is 0.833. The van der Waals surface area contributed by atoms with Crippen molar-refractivity contribution in [3.63, 3.8) is 0 Å². The molecule has 6 heteroatoms. The molecule has 0 bridgehead atoms. The van der Waals surface area contributed by atoms with Gasteiger partial charge in [-0.1, -0.05) is 13.3 Å². The molecule has 1 fully saturated rings. The van der Waals surface area contributed by atoms with Gasteiger partial charge in [0, 0.05) is 19.6 Å². The van der Waals surface area contributed by atoms with Gasteiger partial charge in [-0.25, -0.2) is 4.79 Å². The summed E-state index contributed by atoms with van der Waals surface area (Å²) < 4.78 is 0. The van der Waals surface area contributed by atoms with Crippen LogP contribution in [0.4, 0.5) is 4.79 Å². The number of primary amides is 1. The van der Waals surface area contributed by atoms with Crippen molar-refractivity contribution < 1.29 is 9.59 Å². The minimum atomic E-state index is -0.513. The number of rotatable bonds is 5. The number of amides is 3. The Labute approximate surface area is 108 Å². The lowest BCUT2D eigenvalue weighted by molar-refractivity contribution is -0.134. The highest BCUT2D eigenvalue weighted by Gasteiger charge is 2.26. The molecule has 1 aliphatic rings. The summed E-state index contributed by atoms with van der Waals surface area (Å²) >= 11 is 0. The molecule has 0 aromatic heterocycles. The van der Waals surface area contributed by atoms with Crippen LogP contribution in [0.1, 0.15) is 32.6 Å². The number of likely N-dealkylation sites (tertiary alicyclic amines) is 1. The van der Waals surface area contributed by atoms with Crippen LogP contribution in [0.3, 0.4) is 0 Å². The minimum Gasteiger partial charge on any atom is -0.352 e. The van der Waals surface area contributed by atoms with Crippen molar-refractivity contribution in [2.75, 3.05) is 19.6 Å². The van der Waals surface area contributed by atoms with E-state index >= 15 is 0 Å². The van der Waals surface area contributed by atoms with Crippen LogP contribution in [-0.4, -0.2) is 42.5 Å². The molecule has 0 spiro atoms. The monoisotopic (exact) mass is 256 g/mol. The molecule has 1 aliphatic heterocycles. The van der Waals surface area contributed by atoms with Crippen LogP contribution in [0.25, 0.3) is 0 Å². The lowest BCUT2D eigenvalue weighted by Crippen LogP contribution is -2.49. The Morgan fingerprint density at radius 2 is 2.22 bits per heavy atom. The predicted octanol–water partition coefficient (Wildman–Crippen LogP) is 0.0207. The van der Waals surface area contributed by atoms with Gasteiger partial charge in [0.25, 0.3) is 0 Å². The first-order chi connectivity index (χ1) is 8.54. The maximum absolute atomic E-state index is 12.1. The van der Waals surface area contributed by atoms with Gasteiger partial charge in [0.1, 0.15) is 0 Å². The largest absolute Gasteiger partial charge is 0.352 e. The van der Waals surface area contributed by atoms with Crippen molar-refractivity contribution in [1.29, 1.82) is 0 Å². The zero-order valence-electron chi connectivity index (χ0n) is 11.0. The van der Waals surface area contributed by atoms with Crippen molar-refractivity contribution in [1.82, 2.24) is 10.2 Å². The average molecular weight is 256 g/mol. The van der Waals surface area contributed by atoms with Crippen LogP contribution in [0, 0.1) is 5.92 Å². The lowest BCUT2D eigenvalue weighted by Gasteiger charge is -2.34. The second-order valence-electron chi connectivity index (χ2n) is 4.93. The standard InChI is InChI=1S/C12H24N4O2/c1-2-4-10(13)11(17)16-6-3-5-9(8-16)7-15-12(14)18/h9-10H,2-8,13H2,1H3,(H3,14,15,18). The van der Waals surface area contributed by atoms with Crippen molar-refractivity contribution >= 4 is 11.9 Å². The van der Waals surface area contributed by atoms with E-state index in [2.05, 4.69) is 5.32 Å². The second-order valence-corrected chi connectivity index (χ2v) is 4.93. The predicted molar refractivity (Wildman–Crippen MR) is 69.8 cm³/mol. The highest BCUT2D eigenvalue weighted by molar-refractivity contribution is 5.81. The number of nitrogens with two attached hydrogens (primary N) is 2. The van der Waals surface area contributed by atoms with Gasteiger partial charge in [0.05, 0.1) is 6.04 Å². The Hall–Kier alpha value is -1.30. The van der Waals surface area contributed by atoms with E-state index in [1.165, 1.54) is 0 Å². The number of piperidine rings is 1. The fourth-order valence-electron chi connectivity index (χ4n) is 2.35. The second kappa shape index (κ2) is 7.20. The summed E-state index contributed by atoms with van der Waals surface area (Å²) in [5.41, 5.74) is 10.9. The molecule has 3 amide bonds. The first-order valence-electron chi connectivity index (χ1n) is 6.62. The van der Waals surface area contributed by atoms with Crippen LogP contribution in [0.2, 0.25) is 0 Å². The van der Waals surface area contributed by atoms with Gasteiger partial charge in [-0.2, -0.15) is 0 Å². The topological polar surface area (TPSA) is 101 Å². The zero-order valence-corrected chi connectivity index (χ0v) is 11.0. The summed E-state index contributed by atoms with van der Waals surface area (Å²) in [6.45, 7) is 3.98. The third-order valence-electron chi connectivity index (χ3n) is 3.31. The Kier molecular flexibility index (Phi) is 5.91. The van der Waals surface area contributed by atoms with Crippen LogP contribution in [0.5, 0.6) is 0 Å². The van der Waals surface area contributed by atoms with Gasteiger partial charge >= 0.3 is 6.03 Å². The maximum atomic E-state index is 12.1. The van der Waals surface area contributed by atoms with Crippen molar-refractivity contribution in [2.24, 2.45) is 17.4 Å². The summed E-state index contributed by atoms with van der Waals surface area (Å²) in [5.74, 6) is 0.310. The number of carbonyl (C=O) groups is 2. The van der Waals surface area contributed by atoms with E-state index in [1.54, 1.807) is 0 Å². The summed E-state index contributed by atoms with van der Waals surface area (Å²) in [6.07, 6.45) is 3.59. The molecular formula is C12H24N4O2. The summed E-state index contributed by atoms with van der Waals surface area (Å²) in [6, 6.07) is -0.904. The van der Waals surface area contributed by atoms with E-state index in [4.69, 9.17) is 11.5 Å². The Balaban J connectivity index is 2.42. The van der Waals surface area contributed by atoms with Crippen LogP contribution in [-0.2, 0) is 4.79 Å². The Bertz CT molecular complexity index is 296. The minimum absolute atomic E-state index is 0.0284. The summed E-state index contributed by atoms with van der Waals surface area (Å²) in [5, 5.41) is 2.60. The lowest BCUT2D eigenvalue weighted by atomic mass is 9.97.